The van der Waals surface area contributed by atoms with Crippen molar-refractivity contribution in [2.75, 3.05) is 5.75 Å². The van der Waals surface area contributed by atoms with Crippen molar-refractivity contribution in [2.24, 2.45) is 0 Å². The van der Waals surface area contributed by atoms with Crippen molar-refractivity contribution in [3.8, 4) is 0 Å². The summed E-state index contributed by atoms with van der Waals surface area (Å²) in [5, 5.41) is 20.1. The van der Waals surface area contributed by atoms with E-state index in [1.165, 1.54) is 17.8 Å². The van der Waals surface area contributed by atoms with E-state index < -0.39 is 11.0 Å². The summed E-state index contributed by atoms with van der Waals surface area (Å²) in [7, 11) is 0. The van der Waals surface area contributed by atoms with Crippen molar-refractivity contribution in [3.05, 3.63) is 33.9 Å². The van der Waals surface area contributed by atoms with Crippen LogP contribution in [-0.4, -0.2) is 15.8 Å². The second kappa shape index (κ2) is 5.14. The second-order valence-electron chi connectivity index (χ2n) is 3.09. The first-order chi connectivity index (χ1) is 7.06. The highest BCUT2D eigenvalue weighted by Gasteiger charge is 2.15. The molecule has 0 unspecified atom stereocenters. The molecule has 5 heteroatoms. The summed E-state index contributed by atoms with van der Waals surface area (Å²) in [6.45, 7) is 3.53. The van der Waals surface area contributed by atoms with E-state index >= 15 is 0 Å². The number of hydrogen-bond acceptors (Lipinski definition) is 4. The number of benzene rings is 1. The number of thioether (sulfide) groups is 1. The molecule has 1 aromatic rings. The van der Waals surface area contributed by atoms with E-state index in [1.54, 1.807) is 19.1 Å². The summed E-state index contributed by atoms with van der Waals surface area (Å²) in [6.07, 6.45) is -0.677. The summed E-state index contributed by atoms with van der Waals surface area (Å²) in [5.41, 5.74) is 0.641. The lowest BCUT2D eigenvalue weighted by Gasteiger charge is -2.06. The minimum atomic E-state index is -0.677. The van der Waals surface area contributed by atoms with Crippen molar-refractivity contribution in [1.29, 1.82) is 0 Å². The van der Waals surface area contributed by atoms with Crippen molar-refractivity contribution >= 4 is 17.4 Å². The maximum Gasteiger partial charge on any atom is 0.283 e. The molecule has 82 valence electrons. The van der Waals surface area contributed by atoms with Crippen LogP contribution in [0.1, 0.15) is 25.5 Å². The monoisotopic (exact) mass is 227 g/mol. The van der Waals surface area contributed by atoms with E-state index in [9.17, 15) is 15.2 Å². The zero-order chi connectivity index (χ0) is 11.4. The van der Waals surface area contributed by atoms with Crippen molar-refractivity contribution in [3.63, 3.8) is 0 Å². The Kier molecular flexibility index (Phi) is 4.11. The molecule has 0 aliphatic carbocycles. The number of nitro benzene ring substituents is 1. The molecule has 1 rings (SSSR count). The minimum Gasteiger partial charge on any atom is -0.389 e. The van der Waals surface area contributed by atoms with E-state index in [4.69, 9.17) is 0 Å². The molecule has 0 radical (unpaired) electrons. The molecule has 0 saturated carbocycles. The average Bonchev–Trinajstić information content (AvgIpc) is 2.18. The molecule has 1 atom stereocenters. The number of nitro groups is 1. The number of aliphatic hydroxyl groups excluding tert-OH is 1. The molecular formula is C10H13NO3S. The summed E-state index contributed by atoms with van der Waals surface area (Å²) in [5.74, 6) is 0.787. The molecular weight excluding hydrogens is 214 g/mol. The van der Waals surface area contributed by atoms with Crippen LogP contribution in [0.2, 0.25) is 0 Å². The molecule has 0 bridgehead atoms. The van der Waals surface area contributed by atoms with Crippen molar-refractivity contribution in [2.45, 2.75) is 24.8 Å². The molecule has 1 N–H and O–H groups in total. The van der Waals surface area contributed by atoms with Gasteiger partial charge in [0, 0.05) is 6.07 Å². The lowest BCUT2D eigenvalue weighted by molar-refractivity contribution is -0.387. The summed E-state index contributed by atoms with van der Waals surface area (Å²) in [4.78, 5) is 11.0. The second-order valence-corrected chi connectivity index (χ2v) is 4.40. The van der Waals surface area contributed by atoms with Crippen LogP contribution in [0.15, 0.2) is 23.1 Å². The molecule has 0 aromatic heterocycles. The third kappa shape index (κ3) is 2.94. The lowest BCUT2D eigenvalue weighted by atomic mass is 10.1. The van der Waals surface area contributed by atoms with Crippen molar-refractivity contribution < 1.29 is 10.0 Å². The van der Waals surface area contributed by atoms with Gasteiger partial charge in [-0.3, -0.25) is 10.1 Å². The topological polar surface area (TPSA) is 63.4 Å². The Hall–Kier alpha value is -1.07. The summed E-state index contributed by atoms with van der Waals surface area (Å²) >= 11 is 1.43. The van der Waals surface area contributed by atoms with Crippen molar-refractivity contribution in [1.82, 2.24) is 0 Å². The van der Waals surface area contributed by atoms with Gasteiger partial charge in [-0.05, 0) is 24.3 Å². The molecule has 0 amide bonds. The SMILES string of the molecule is CCSc1ccc([C@H](C)O)cc1[N+](=O)[O-]. The fourth-order valence-corrected chi connectivity index (χ4v) is 1.97. The third-order valence-corrected chi connectivity index (χ3v) is 2.91. The average molecular weight is 227 g/mol. The van der Waals surface area contributed by atoms with Gasteiger partial charge in [-0.2, -0.15) is 0 Å². The van der Waals surface area contributed by atoms with Gasteiger partial charge < -0.3 is 5.11 Å². The van der Waals surface area contributed by atoms with Crippen LogP contribution >= 0.6 is 11.8 Å². The zero-order valence-corrected chi connectivity index (χ0v) is 9.45. The first-order valence-corrected chi connectivity index (χ1v) is 5.64. The van der Waals surface area contributed by atoms with Crippen LogP contribution < -0.4 is 0 Å². The number of hydrogen-bond donors (Lipinski definition) is 1. The van der Waals surface area contributed by atoms with E-state index in [2.05, 4.69) is 0 Å². The van der Waals surface area contributed by atoms with Gasteiger partial charge >= 0.3 is 0 Å². The first kappa shape index (κ1) is 12.0. The van der Waals surface area contributed by atoms with Crippen LogP contribution in [0, 0.1) is 10.1 Å². The Morgan fingerprint density at radius 1 is 1.60 bits per heavy atom. The summed E-state index contributed by atoms with van der Waals surface area (Å²) < 4.78 is 0. The van der Waals surface area contributed by atoms with Crippen LogP contribution in [0.25, 0.3) is 0 Å². The fourth-order valence-electron chi connectivity index (χ4n) is 1.21. The van der Waals surface area contributed by atoms with Crippen LogP contribution in [-0.2, 0) is 0 Å². The maximum absolute atomic E-state index is 10.8. The zero-order valence-electron chi connectivity index (χ0n) is 8.64. The summed E-state index contributed by atoms with van der Waals surface area (Å²) in [6, 6.07) is 4.84. The smallest absolute Gasteiger partial charge is 0.283 e. The van der Waals surface area contributed by atoms with Crippen LogP contribution in [0.4, 0.5) is 5.69 Å². The largest absolute Gasteiger partial charge is 0.389 e. The van der Waals surface area contributed by atoms with Gasteiger partial charge in [0.25, 0.3) is 5.69 Å². The maximum atomic E-state index is 10.8. The van der Waals surface area contributed by atoms with Gasteiger partial charge in [-0.1, -0.05) is 13.0 Å². The molecule has 0 aliphatic heterocycles. The normalized spacial score (nSPS) is 12.5. The van der Waals surface area contributed by atoms with Crippen LogP contribution in [0.3, 0.4) is 0 Å². The van der Waals surface area contributed by atoms with Gasteiger partial charge in [-0.15, -0.1) is 11.8 Å². The van der Waals surface area contributed by atoms with E-state index in [1.807, 2.05) is 6.92 Å². The van der Waals surface area contributed by atoms with E-state index in [-0.39, 0.29) is 5.69 Å². The molecule has 4 nitrogen and oxygen atoms in total. The Morgan fingerprint density at radius 3 is 2.73 bits per heavy atom. The Labute approximate surface area is 92.5 Å². The van der Waals surface area contributed by atoms with Gasteiger partial charge in [0.2, 0.25) is 0 Å². The third-order valence-electron chi connectivity index (χ3n) is 1.96. The lowest BCUT2D eigenvalue weighted by Crippen LogP contribution is -1.96. The Morgan fingerprint density at radius 2 is 2.27 bits per heavy atom. The minimum absolute atomic E-state index is 0.0697. The first-order valence-electron chi connectivity index (χ1n) is 4.65. The van der Waals surface area contributed by atoms with Gasteiger partial charge in [0.1, 0.15) is 0 Å². The van der Waals surface area contributed by atoms with Gasteiger partial charge in [0.15, 0.2) is 0 Å². The molecule has 0 fully saturated rings. The number of rotatable bonds is 4. The highest BCUT2D eigenvalue weighted by atomic mass is 32.2. The van der Waals surface area contributed by atoms with Gasteiger partial charge in [0.05, 0.1) is 15.9 Å². The van der Waals surface area contributed by atoms with E-state index in [0.29, 0.717) is 10.5 Å². The molecule has 0 heterocycles. The highest BCUT2D eigenvalue weighted by molar-refractivity contribution is 7.99. The standard InChI is InChI=1S/C10H13NO3S/c1-3-15-10-5-4-8(7(2)12)6-9(10)11(13)14/h4-7,12H,3H2,1-2H3/t7-/m0/s1. The predicted octanol–water partition coefficient (Wildman–Crippen LogP) is 2.76. The van der Waals surface area contributed by atoms with Gasteiger partial charge in [-0.25, -0.2) is 0 Å². The quantitative estimate of drug-likeness (QED) is 0.488. The fraction of sp³-hybridized carbons (Fsp3) is 0.400. The van der Waals surface area contributed by atoms with E-state index in [0.717, 1.165) is 5.75 Å². The Balaban J connectivity index is 3.14. The van der Waals surface area contributed by atoms with Crippen LogP contribution in [0.5, 0.6) is 0 Å². The predicted molar refractivity (Wildman–Crippen MR) is 60.1 cm³/mol. The number of nitrogens with zero attached hydrogens (tertiary/aromatic N) is 1. The highest BCUT2D eigenvalue weighted by Crippen LogP contribution is 2.31. The molecule has 0 saturated heterocycles. The molecule has 15 heavy (non-hydrogen) atoms. The Bertz CT molecular complexity index is 366. The molecule has 0 aliphatic rings. The molecule has 1 aromatic carbocycles. The molecule has 0 spiro atoms. The number of aliphatic hydroxyl groups is 1.